The third kappa shape index (κ3) is 3.68. The average Bonchev–Trinajstić information content (AvgIpc) is 2.99. The van der Waals surface area contributed by atoms with Gasteiger partial charge in [0.05, 0.1) is 11.7 Å². The molecule has 20 heavy (non-hydrogen) atoms. The molecule has 6 heteroatoms. The molecule has 0 saturated carbocycles. The molecule has 0 aliphatic carbocycles. The second kappa shape index (κ2) is 7.21. The van der Waals surface area contributed by atoms with Gasteiger partial charge in [0.25, 0.3) is 0 Å². The van der Waals surface area contributed by atoms with Crippen LogP contribution in [0.5, 0.6) is 0 Å². The summed E-state index contributed by atoms with van der Waals surface area (Å²) in [7, 11) is 1.59. The summed E-state index contributed by atoms with van der Waals surface area (Å²) in [5.74, 6) is 0.632. The summed E-state index contributed by atoms with van der Waals surface area (Å²) in [6.07, 6.45) is 4.57. The number of anilines is 2. The van der Waals surface area contributed by atoms with Gasteiger partial charge in [-0.25, -0.2) is 4.98 Å². The van der Waals surface area contributed by atoms with Crippen molar-refractivity contribution in [3.63, 3.8) is 0 Å². The Bertz CT molecular complexity index is 447. The van der Waals surface area contributed by atoms with E-state index in [1.165, 1.54) is 0 Å². The second-order valence-electron chi connectivity index (χ2n) is 4.95. The van der Waals surface area contributed by atoms with Crippen LogP contribution in [0, 0.1) is 0 Å². The molecule has 6 nitrogen and oxygen atoms in total. The van der Waals surface area contributed by atoms with Crippen LogP contribution < -0.4 is 16.0 Å². The van der Waals surface area contributed by atoms with Gasteiger partial charge in [0.2, 0.25) is 5.91 Å². The average molecular weight is 278 g/mol. The molecule has 3 N–H and O–H groups in total. The fraction of sp³-hybridized carbons (Fsp3) is 0.571. The van der Waals surface area contributed by atoms with E-state index < -0.39 is 6.04 Å². The predicted octanol–water partition coefficient (Wildman–Crippen LogP) is 0.984. The van der Waals surface area contributed by atoms with Crippen LogP contribution in [-0.2, 0) is 9.53 Å². The first-order chi connectivity index (χ1) is 9.72. The van der Waals surface area contributed by atoms with E-state index >= 15 is 0 Å². The van der Waals surface area contributed by atoms with Crippen LogP contribution in [0.25, 0.3) is 0 Å². The lowest BCUT2D eigenvalue weighted by atomic mass is 10.2. The highest BCUT2D eigenvalue weighted by Crippen LogP contribution is 2.26. The lowest BCUT2D eigenvalue weighted by Gasteiger charge is -2.20. The normalized spacial score (nSPS) is 16.2. The summed E-state index contributed by atoms with van der Waals surface area (Å²) in [5.41, 5.74) is 6.56. The number of methoxy groups -OCH3 is 1. The Morgan fingerprint density at radius 2 is 2.30 bits per heavy atom. The second-order valence-corrected chi connectivity index (χ2v) is 4.95. The number of hydrogen-bond donors (Lipinski definition) is 2. The fourth-order valence-corrected chi connectivity index (χ4v) is 2.28. The maximum absolute atomic E-state index is 12.0. The predicted molar refractivity (Wildman–Crippen MR) is 78.8 cm³/mol. The summed E-state index contributed by atoms with van der Waals surface area (Å²) in [6.45, 7) is 2.44. The number of nitrogens with one attached hydrogen (secondary N) is 1. The van der Waals surface area contributed by atoms with Crippen LogP contribution in [0.4, 0.5) is 11.5 Å². The zero-order valence-electron chi connectivity index (χ0n) is 11.8. The molecule has 0 radical (unpaired) electrons. The molecule has 0 spiro atoms. The Morgan fingerprint density at radius 1 is 1.55 bits per heavy atom. The molecule has 110 valence electrons. The number of ether oxygens (including phenoxy) is 1. The van der Waals surface area contributed by atoms with Crippen molar-refractivity contribution in [1.29, 1.82) is 0 Å². The largest absolute Gasteiger partial charge is 0.385 e. The van der Waals surface area contributed by atoms with E-state index in [4.69, 9.17) is 10.5 Å². The number of aromatic nitrogens is 1. The summed E-state index contributed by atoms with van der Waals surface area (Å²) in [6, 6.07) is 3.11. The summed E-state index contributed by atoms with van der Waals surface area (Å²) < 4.78 is 4.94. The molecule has 0 bridgehead atoms. The zero-order chi connectivity index (χ0) is 14.4. The Kier molecular flexibility index (Phi) is 5.31. The lowest BCUT2D eigenvalue weighted by molar-refractivity contribution is -0.117. The van der Waals surface area contributed by atoms with Gasteiger partial charge in [0.1, 0.15) is 0 Å². The van der Waals surface area contributed by atoms with Crippen LogP contribution in [0.15, 0.2) is 18.3 Å². The smallest absolute Gasteiger partial charge is 0.241 e. The van der Waals surface area contributed by atoms with Crippen molar-refractivity contribution in [2.24, 2.45) is 5.73 Å². The van der Waals surface area contributed by atoms with Gasteiger partial charge in [-0.3, -0.25) is 4.79 Å². The molecule has 1 atom stereocenters. The molecule has 1 saturated heterocycles. The van der Waals surface area contributed by atoms with Crippen molar-refractivity contribution in [2.75, 3.05) is 37.0 Å². The third-order valence-corrected chi connectivity index (χ3v) is 3.42. The standard InChI is InChI=1S/C14H22N4O2/c1-20-10-6-11(15)14(19)17-12-5-4-7-16-13(12)18-8-2-3-9-18/h4-5,7,11H,2-3,6,8-10,15H2,1H3,(H,17,19). The van der Waals surface area contributed by atoms with E-state index in [0.717, 1.165) is 37.4 Å². The number of hydrogen-bond acceptors (Lipinski definition) is 5. The summed E-state index contributed by atoms with van der Waals surface area (Å²) >= 11 is 0. The SMILES string of the molecule is COCCC(N)C(=O)Nc1cccnc1N1CCCC1. The first-order valence-electron chi connectivity index (χ1n) is 6.97. The van der Waals surface area contributed by atoms with E-state index in [9.17, 15) is 4.79 Å². The Balaban J connectivity index is 2.03. The minimum Gasteiger partial charge on any atom is -0.385 e. The van der Waals surface area contributed by atoms with Crippen molar-refractivity contribution < 1.29 is 9.53 Å². The molecular weight excluding hydrogens is 256 g/mol. The van der Waals surface area contributed by atoms with Crippen molar-refractivity contribution >= 4 is 17.4 Å². The van der Waals surface area contributed by atoms with Crippen LogP contribution >= 0.6 is 0 Å². The highest BCUT2D eigenvalue weighted by molar-refractivity contribution is 5.97. The summed E-state index contributed by atoms with van der Waals surface area (Å²) in [4.78, 5) is 18.6. The molecule has 1 amide bonds. The number of carbonyl (C=O) groups excluding carboxylic acids is 1. The number of carbonyl (C=O) groups is 1. The maximum Gasteiger partial charge on any atom is 0.241 e. The highest BCUT2D eigenvalue weighted by Gasteiger charge is 2.19. The number of nitrogens with two attached hydrogens (primary N) is 1. The number of nitrogens with zero attached hydrogens (tertiary/aromatic N) is 2. The van der Waals surface area contributed by atoms with Gasteiger partial charge in [-0.05, 0) is 31.4 Å². The maximum atomic E-state index is 12.0. The summed E-state index contributed by atoms with van der Waals surface area (Å²) in [5, 5.41) is 2.87. The Morgan fingerprint density at radius 3 is 3.00 bits per heavy atom. The first-order valence-corrected chi connectivity index (χ1v) is 6.97. The number of rotatable bonds is 6. The van der Waals surface area contributed by atoms with Crippen LogP contribution in [-0.4, -0.2) is 43.7 Å². The van der Waals surface area contributed by atoms with E-state index in [0.29, 0.717) is 13.0 Å². The molecule has 1 unspecified atom stereocenters. The molecular formula is C14H22N4O2. The zero-order valence-corrected chi connectivity index (χ0v) is 11.8. The molecule has 1 aromatic rings. The topological polar surface area (TPSA) is 80.5 Å². The third-order valence-electron chi connectivity index (χ3n) is 3.42. The van der Waals surface area contributed by atoms with E-state index in [2.05, 4.69) is 15.2 Å². The Hall–Kier alpha value is -1.66. The monoisotopic (exact) mass is 278 g/mol. The van der Waals surface area contributed by atoms with Crippen LogP contribution in [0.2, 0.25) is 0 Å². The van der Waals surface area contributed by atoms with Gasteiger partial charge >= 0.3 is 0 Å². The quantitative estimate of drug-likeness (QED) is 0.811. The van der Waals surface area contributed by atoms with E-state index in [1.807, 2.05) is 12.1 Å². The van der Waals surface area contributed by atoms with Gasteiger partial charge < -0.3 is 20.7 Å². The molecule has 0 aromatic carbocycles. The molecule has 2 heterocycles. The van der Waals surface area contributed by atoms with Gasteiger partial charge in [-0.2, -0.15) is 0 Å². The first kappa shape index (κ1) is 14.7. The molecule has 1 aliphatic heterocycles. The van der Waals surface area contributed by atoms with Gasteiger partial charge in [-0.1, -0.05) is 0 Å². The van der Waals surface area contributed by atoms with E-state index in [-0.39, 0.29) is 5.91 Å². The molecule has 1 aliphatic rings. The number of pyridine rings is 1. The Labute approximate surface area is 119 Å². The molecule has 1 aromatic heterocycles. The van der Waals surface area contributed by atoms with Gasteiger partial charge in [0, 0.05) is 33.0 Å². The van der Waals surface area contributed by atoms with E-state index in [1.54, 1.807) is 13.3 Å². The van der Waals surface area contributed by atoms with Crippen molar-refractivity contribution in [1.82, 2.24) is 4.98 Å². The number of amides is 1. The van der Waals surface area contributed by atoms with Crippen molar-refractivity contribution in [3.8, 4) is 0 Å². The molecule has 1 fully saturated rings. The van der Waals surface area contributed by atoms with Crippen molar-refractivity contribution in [2.45, 2.75) is 25.3 Å². The molecule has 2 rings (SSSR count). The van der Waals surface area contributed by atoms with Gasteiger partial charge in [0.15, 0.2) is 5.82 Å². The van der Waals surface area contributed by atoms with Crippen molar-refractivity contribution in [3.05, 3.63) is 18.3 Å². The van der Waals surface area contributed by atoms with Gasteiger partial charge in [-0.15, -0.1) is 0 Å². The van der Waals surface area contributed by atoms with Crippen LogP contribution in [0.1, 0.15) is 19.3 Å². The highest BCUT2D eigenvalue weighted by atomic mass is 16.5. The minimum absolute atomic E-state index is 0.199. The minimum atomic E-state index is -0.568. The fourth-order valence-electron chi connectivity index (χ4n) is 2.28. The van der Waals surface area contributed by atoms with Crippen LogP contribution in [0.3, 0.4) is 0 Å². The lowest BCUT2D eigenvalue weighted by Crippen LogP contribution is -2.37.